The van der Waals surface area contributed by atoms with E-state index in [1.807, 2.05) is 32.0 Å². The van der Waals surface area contributed by atoms with Crippen molar-refractivity contribution >= 4 is 11.8 Å². The van der Waals surface area contributed by atoms with Gasteiger partial charge in [0, 0.05) is 23.7 Å². The third-order valence-electron chi connectivity index (χ3n) is 4.23. The predicted molar refractivity (Wildman–Crippen MR) is 101 cm³/mol. The summed E-state index contributed by atoms with van der Waals surface area (Å²) in [6.07, 6.45) is 0.335. The molecule has 5 nitrogen and oxygen atoms in total. The maximum absolute atomic E-state index is 13.8. The molecule has 28 heavy (non-hydrogen) atoms. The van der Waals surface area contributed by atoms with E-state index in [1.54, 1.807) is 0 Å². The van der Waals surface area contributed by atoms with E-state index in [0.29, 0.717) is 12.1 Å². The number of furan rings is 1. The molecule has 144 valence electrons. The lowest BCUT2D eigenvalue weighted by atomic mass is 10.0. The van der Waals surface area contributed by atoms with Crippen LogP contribution in [0.3, 0.4) is 0 Å². The molecule has 0 saturated carbocycles. The third kappa shape index (κ3) is 4.31. The van der Waals surface area contributed by atoms with Crippen LogP contribution in [0.1, 0.15) is 41.2 Å². The van der Waals surface area contributed by atoms with Gasteiger partial charge in [0.1, 0.15) is 23.2 Å². The molecule has 3 aromatic rings. The summed E-state index contributed by atoms with van der Waals surface area (Å²) in [6.45, 7) is 3.75. The monoisotopic (exact) mass is 401 g/mol. The Morgan fingerprint density at radius 1 is 1.32 bits per heavy atom. The Labute approximate surface area is 164 Å². The molecule has 0 unspecified atom stereocenters. The van der Waals surface area contributed by atoms with Gasteiger partial charge in [-0.05, 0) is 25.1 Å². The number of thioether (sulfide) groups is 1. The summed E-state index contributed by atoms with van der Waals surface area (Å²) in [5.74, 6) is -0.344. The number of hydrogen-bond acceptors (Lipinski definition) is 5. The maximum atomic E-state index is 13.8. The first-order valence-corrected chi connectivity index (χ1v) is 9.53. The molecular weight excluding hydrogens is 384 g/mol. The molecule has 1 N–H and O–H groups in total. The number of aromatic nitrogens is 2. The smallest absolute Gasteiger partial charge is 0.269 e. The number of rotatable bonds is 6. The lowest BCUT2D eigenvalue weighted by molar-refractivity contribution is 0.450. The van der Waals surface area contributed by atoms with Crippen molar-refractivity contribution in [3.05, 3.63) is 80.7 Å². The van der Waals surface area contributed by atoms with Gasteiger partial charge in [-0.25, -0.2) is 13.8 Å². The van der Waals surface area contributed by atoms with Gasteiger partial charge in [-0.2, -0.15) is 5.26 Å². The van der Waals surface area contributed by atoms with Crippen LogP contribution in [0.4, 0.5) is 8.78 Å². The molecule has 0 fully saturated rings. The molecule has 8 heteroatoms. The molecule has 1 atom stereocenters. The fraction of sp³-hybridized carbons (Fsp3) is 0.250. The summed E-state index contributed by atoms with van der Waals surface area (Å²) in [5.41, 5.74) is -0.109. The van der Waals surface area contributed by atoms with Crippen molar-refractivity contribution in [3.63, 3.8) is 0 Å². The standard InChI is InChI=1S/C20H17F2N3O2S/c1-11(17-7-6-12(2)27-17)8-16-14(9-23)19(26)25-20(24-16)28-10-13-4-3-5-15(21)18(13)22/h3-7,11H,8,10H2,1-2H3,(H,24,25,26)/t11-/m0/s1. The minimum atomic E-state index is -0.928. The molecule has 0 aliphatic heterocycles. The first-order valence-electron chi connectivity index (χ1n) is 8.54. The van der Waals surface area contributed by atoms with Crippen molar-refractivity contribution in [2.24, 2.45) is 0 Å². The minimum absolute atomic E-state index is 0.0589. The number of aryl methyl sites for hydroxylation is 1. The van der Waals surface area contributed by atoms with Gasteiger partial charge in [-0.15, -0.1) is 0 Å². The molecule has 1 aromatic carbocycles. The van der Waals surface area contributed by atoms with E-state index in [-0.39, 0.29) is 28.0 Å². The Morgan fingerprint density at radius 3 is 2.79 bits per heavy atom. The number of aromatic amines is 1. The molecule has 0 bridgehead atoms. The van der Waals surface area contributed by atoms with Crippen LogP contribution in [0.5, 0.6) is 0 Å². The highest BCUT2D eigenvalue weighted by atomic mass is 32.2. The summed E-state index contributed by atoms with van der Waals surface area (Å²) in [7, 11) is 0. The second-order valence-corrected chi connectivity index (χ2v) is 7.32. The molecule has 2 aromatic heterocycles. The van der Waals surface area contributed by atoms with Crippen LogP contribution in [0.2, 0.25) is 0 Å². The number of H-pyrrole nitrogens is 1. The summed E-state index contributed by atoms with van der Waals surface area (Å²) in [6, 6.07) is 9.51. The summed E-state index contributed by atoms with van der Waals surface area (Å²) in [4.78, 5) is 19.2. The highest BCUT2D eigenvalue weighted by Crippen LogP contribution is 2.25. The van der Waals surface area contributed by atoms with Gasteiger partial charge in [-0.1, -0.05) is 30.8 Å². The summed E-state index contributed by atoms with van der Waals surface area (Å²) < 4.78 is 32.7. The van der Waals surface area contributed by atoms with E-state index in [1.165, 1.54) is 12.1 Å². The third-order valence-corrected chi connectivity index (χ3v) is 5.15. The van der Waals surface area contributed by atoms with Crippen molar-refractivity contribution in [1.82, 2.24) is 9.97 Å². The first kappa shape index (κ1) is 19.8. The van der Waals surface area contributed by atoms with Crippen molar-refractivity contribution in [2.75, 3.05) is 0 Å². The highest BCUT2D eigenvalue weighted by molar-refractivity contribution is 7.98. The average Bonchev–Trinajstić information content (AvgIpc) is 3.09. The Morgan fingerprint density at radius 2 is 2.11 bits per heavy atom. The molecule has 2 heterocycles. The Hall–Kier alpha value is -2.92. The van der Waals surface area contributed by atoms with Crippen molar-refractivity contribution in [3.8, 4) is 6.07 Å². The fourth-order valence-corrected chi connectivity index (χ4v) is 3.60. The van der Waals surface area contributed by atoms with Crippen LogP contribution in [0.15, 0.2) is 44.7 Å². The van der Waals surface area contributed by atoms with Gasteiger partial charge < -0.3 is 9.40 Å². The second kappa shape index (κ2) is 8.40. The van der Waals surface area contributed by atoms with E-state index in [4.69, 9.17) is 4.42 Å². The number of halogens is 2. The van der Waals surface area contributed by atoms with Gasteiger partial charge >= 0.3 is 0 Å². The zero-order valence-electron chi connectivity index (χ0n) is 15.3. The molecule has 0 saturated heterocycles. The van der Waals surface area contributed by atoms with Crippen molar-refractivity contribution in [1.29, 1.82) is 5.26 Å². The lowest BCUT2D eigenvalue weighted by Gasteiger charge is -2.11. The van der Waals surface area contributed by atoms with Crippen LogP contribution in [0.25, 0.3) is 0 Å². The van der Waals surface area contributed by atoms with Crippen molar-refractivity contribution in [2.45, 2.75) is 37.1 Å². The van der Waals surface area contributed by atoms with Gasteiger partial charge in [0.25, 0.3) is 5.56 Å². The number of nitriles is 1. The molecule has 3 rings (SSSR count). The molecular formula is C20H17F2N3O2S. The largest absolute Gasteiger partial charge is 0.466 e. The number of nitrogens with zero attached hydrogens (tertiary/aromatic N) is 2. The summed E-state index contributed by atoms with van der Waals surface area (Å²) >= 11 is 1.06. The molecule has 0 amide bonds. The van der Waals surface area contributed by atoms with Gasteiger partial charge in [0.2, 0.25) is 0 Å². The van der Waals surface area contributed by atoms with E-state index >= 15 is 0 Å². The second-order valence-electron chi connectivity index (χ2n) is 6.36. The number of hydrogen-bond donors (Lipinski definition) is 1. The van der Waals surface area contributed by atoms with E-state index in [0.717, 1.165) is 29.3 Å². The summed E-state index contributed by atoms with van der Waals surface area (Å²) in [5, 5.41) is 9.56. The fourth-order valence-electron chi connectivity index (χ4n) is 2.74. The normalized spacial score (nSPS) is 12.0. The molecule has 0 aliphatic rings. The lowest BCUT2D eigenvalue weighted by Crippen LogP contribution is -2.18. The molecule has 0 radical (unpaired) electrons. The predicted octanol–water partition coefficient (Wildman–Crippen LogP) is 4.46. The SMILES string of the molecule is Cc1ccc([C@@H](C)Cc2nc(SCc3cccc(F)c3F)[nH]c(=O)c2C#N)o1. The van der Waals surface area contributed by atoms with E-state index in [9.17, 15) is 18.8 Å². The molecule has 0 spiro atoms. The van der Waals surface area contributed by atoms with Crippen LogP contribution in [-0.4, -0.2) is 9.97 Å². The van der Waals surface area contributed by atoms with Crippen LogP contribution in [0, 0.1) is 29.9 Å². The van der Waals surface area contributed by atoms with E-state index in [2.05, 4.69) is 9.97 Å². The molecule has 0 aliphatic carbocycles. The average molecular weight is 401 g/mol. The number of benzene rings is 1. The Kier molecular flexibility index (Phi) is 5.95. The van der Waals surface area contributed by atoms with Crippen LogP contribution >= 0.6 is 11.8 Å². The first-order chi connectivity index (χ1) is 13.4. The van der Waals surface area contributed by atoms with Gasteiger partial charge in [0.15, 0.2) is 16.8 Å². The van der Waals surface area contributed by atoms with Crippen LogP contribution < -0.4 is 5.56 Å². The number of nitrogens with one attached hydrogen (secondary N) is 1. The Balaban J connectivity index is 1.84. The maximum Gasteiger partial charge on any atom is 0.269 e. The van der Waals surface area contributed by atoms with E-state index < -0.39 is 17.2 Å². The zero-order valence-corrected chi connectivity index (χ0v) is 16.1. The van der Waals surface area contributed by atoms with Gasteiger partial charge in [-0.3, -0.25) is 4.79 Å². The zero-order chi connectivity index (χ0) is 20.3. The Bertz CT molecular complexity index is 1100. The highest BCUT2D eigenvalue weighted by Gasteiger charge is 2.18. The minimum Gasteiger partial charge on any atom is -0.466 e. The van der Waals surface area contributed by atoms with Crippen LogP contribution in [-0.2, 0) is 12.2 Å². The van der Waals surface area contributed by atoms with Crippen molar-refractivity contribution < 1.29 is 13.2 Å². The quantitative estimate of drug-likeness (QED) is 0.487. The van der Waals surface area contributed by atoms with Gasteiger partial charge in [0.05, 0.1) is 5.69 Å². The topological polar surface area (TPSA) is 82.7 Å².